The van der Waals surface area contributed by atoms with Gasteiger partial charge in [0.25, 0.3) is 0 Å². The number of aromatic nitrogens is 2. The lowest BCUT2D eigenvalue weighted by Crippen LogP contribution is -2.15. The van der Waals surface area contributed by atoms with Crippen molar-refractivity contribution in [2.24, 2.45) is 0 Å². The van der Waals surface area contributed by atoms with Crippen LogP contribution in [-0.2, 0) is 5.41 Å². The maximum absolute atomic E-state index is 12.4. The number of alkyl halides is 2. The van der Waals surface area contributed by atoms with Crippen molar-refractivity contribution in [1.82, 2.24) is 9.78 Å². The van der Waals surface area contributed by atoms with E-state index in [1.54, 1.807) is 6.92 Å². The molecule has 0 spiro atoms. The van der Waals surface area contributed by atoms with Gasteiger partial charge in [-0.2, -0.15) is 13.9 Å². The second-order valence-corrected chi connectivity index (χ2v) is 4.12. The number of hydrogen-bond acceptors (Lipinski definition) is 1. The van der Waals surface area contributed by atoms with Gasteiger partial charge in [0, 0.05) is 6.20 Å². The van der Waals surface area contributed by atoms with Crippen molar-refractivity contribution in [3.8, 4) is 0 Å². The first-order valence-corrected chi connectivity index (χ1v) is 4.73. The summed E-state index contributed by atoms with van der Waals surface area (Å²) in [7, 11) is 0. The van der Waals surface area contributed by atoms with Crippen LogP contribution >= 0.6 is 0 Å². The molecule has 0 aliphatic rings. The topological polar surface area (TPSA) is 17.8 Å². The Morgan fingerprint density at radius 2 is 2.07 bits per heavy atom. The molecule has 0 aliphatic heterocycles. The standard InChI is InChI=1S/C10H16F2N2/c1-5-10(3,4)8-6-14(9(11)12)13-7(8)2/h6,9H,5H2,1-4H3. The van der Waals surface area contributed by atoms with Crippen molar-refractivity contribution in [1.29, 1.82) is 0 Å². The summed E-state index contributed by atoms with van der Waals surface area (Å²) in [6.07, 6.45) is 2.35. The Morgan fingerprint density at radius 1 is 1.50 bits per heavy atom. The molecule has 1 rings (SSSR count). The highest BCUT2D eigenvalue weighted by Crippen LogP contribution is 2.29. The Balaban J connectivity index is 3.10. The SMILES string of the molecule is CCC(C)(C)c1cn(C(F)F)nc1C. The van der Waals surface area contributed by atoms with Gasteiger partial charge in [-0.15, -0.1) is 0 Å². The van der Waals surface area contributed by atoms with Gasteiger partial charge in [-0.25, -0.2) is 4.68 Å². The average molecular weight is 202 g/mol. The van der Waals surface area contributed by atoms with E-state index in [4.69, 9.17) is 0 Å². The summed E-state index contributed by atoms with van der Waals surface area (Å²) in [6.45, 7) is 5.33. The van der Waals surface area contributed by atoms with Crippen LogP contribution in [0.25, 0.3) is 0 Å². The summed E-state index contributed by atoms with van der Waals surface area (Å²) >= 11 is 0. The van der Waals surface area contributed by atoms with Crippen LogP contribution in [0.4, 0.5) is 8.78 Å². The Kier molecular flexibility index (Phi) is 2.92. The lowest BCUT2D eigenvalue weighted by Gasteiger charge is -2.21. The molecule has 2 nitrogen and oxygen atoms in total. The maximum atomic E-state index is 12.4. The molecule has 0 saturated heterocycles. The van der Waals surface area contributed by atoms with E-state index < -0.39 is 6.55 Å². The van der Waals surface area contributed by atoms with Gasteiger partial charge in [-0.1, -0.05) is 20.8 Å². The quantitative estimate of drug-likeness (QED) is 0.735. The van der Waals surface area contributed by atoms with E-state index in [0.29, 0.717) is 5.69 Å². The molecular weight excluding hydrogens is 186 g/mol. The van der Waals surface area contributed by atoms with Crippen LogP contribution in [0.5, 0.6) is 0 Å². The predicted molar refractivity (Wildman–Crippen MR) is 51.5 cm³/mol. The van der Waals surface area contributed by atoms with Gasteiger partial charge in [0.2, 0.25) is 0 Å². The van der Waals surface area contributed by atoms with E-state index in [9.17, 15) is 8.78 Å². The van der Waals surface area contributed by atoms with Gasteiger partial charge in [-0.3, -0.25) is 0 Å². The highest BCUT2D eigenvalue weighted by Gasteiger charge is 2.24. The fourth-order valence-corrected chi connectivity index (χ4v) is 1.44. The molecule has 1 aromatic rings. The van der Waals surface area contributed by atoms with Gasteiger partial charge in [0.05, 0.1) is 5.69 Å². The summed E-state index contributed by atoms with van der Waals surface area (Å²) < 4.78 is 25.4. The van der Waals surface area contributed by atoms with Gasteiger partial charge in [-0.05, 0) is 24.3 Å². The second-order valence-electron chi connectivity index (χ2n) is 4.12. The average Bonchev–Trinajstić information content (AvgIpc) is 2.48. The van der Waals surface area contributed by atoms with Crippen LogP contribution in [-0.4, -0.2) is 9.78 Å². The van der Waals surface area contributed by atoms with Gasteiger partial charge in [0.15, 0.2) is 0 Å². The molecule has 0 saturated carbocycles. The molecule has 4 heteroatoms. The molecule has 0 radical (unpaired) electrons. The van der Waals surface area contributed by atoms with E-state index in [-0.39, 0.29) is 5.41 Å². The van der Waals surface area contributed by atoms with E-state index >= 15 is 0 Å². The molecule has 0 aromatic carbocycles. The molecule has 80 valence electrons. The number of halogens is 2. The van der Waals surface area contributed by atoms with Crippen molar-refractivity contribution in [2.75, 3.05) is 0 Å². The molecule has 14 heavy (non-hydrogen) atoms. The highest BCUT2D eigenvalue weighted by molar-refractivity contribution is 5.24. The molecule has 0 aliphatic carbocycles. The number of aryl methyl sites for hydroxylation is 1. The van der Waals surface area contributed by atoms with Crippen LogP contribution in [0.2, 0.25) is 0 Å². The van der Waals surface area contributed by atoms with Crippen molar-refractivity contribution in [3.63, 3.8) is 0 Å². The first-order valence-electron chi connectivity index (χ1n) is 4.73. The number of hydrogen-bond donors (Lipinski definition) is 0. The number of rotatable bonds is 3. The summed E-state index contributed by atoms with van der Waals surface area (Å²) in [5, 5.41) is 3.79. The monoisotopic (exact) mass is 202 g/mol. The lowest BCUT2D eigenvalue weighted by molar-refractivity contribution is 0.0561. The van der Waals surface area contributed by atoms with Crippen LogP contribution in [0.15, 0.2) is 6.20 Å². The van der Waals surface area contributed by atoms with Gasteiger partial charge < -0.3 is 0 Å². The Labute approximate surface area is 82.9 Å². The van der Waals surface area contributed by atoms with Gasteiger partial charge in [0.1, 0.15) is 0 Å². The summed E-state index contributed by atoms with van der Waals surface area (Å²) in [6, 6.07) is 0. The zero-order chi connectivity index (χ0) is 10.9. The van der Waals surface area contributed by atoms with Gasteiger partial charge >= 0.3 is 6.55 Å². The molecule has 1 heterocycles. The zero-order valence-electron chi connectivity index (χ0n) is 9.01. The van der Waals surface area contributed by atoms with Crippen molar-refractivity contribution >= 4 is 0 Å². The minimum absolute atomic E-state index is 0.0861. The molecule has 0 bridgehead atoms. The second kappa shape index (κ2) is 3.67. The zero-order valence-corrected chi connectivity index (χ0v) is 9.01. The smallest absolute Gasteiger partial charge is 0.211 e. The van der Waals surface area contributed by atoms with Crippen LogP contribution in [0.1, 0.15) is 45.0 Å². The Hall–Kier alpha value is -0.930. The molecular formula is C10H16F2N2. The Bertz CT molecular complexity index is 316. The molecule has 0 unspecified atom stereocenters. The fraction of sp³-hybridized carbons (Fsp3) is 0.700. The first kappa shape index (κ1) is 11.1. The number of nitrogens with zero attached hydrogens (tertiary/aromatic N) is 2. The minimum Gasteiger partial charge on any atom is -0.211 e. The Morgan fingerprint density at radius 3 is 2.43 bits per heavy atom. The van der Waals surface area contributed by atoms with E-state index in [1.807, 2.05) is 20.8 Å². The molecule has 0 N–H and O–H groups in total. The van der Waals surface area contributed by atoms with E-state index in [1.165, 1.54) is 6.20 Å². The minimum atomic E-state index is -2.55. The normalized spacial score (nSPS) is 12.5. The predicted octanol–water partition coefficient (Wildman–Crippen LogP) is 3.27. The third kappa shape index (κ3) is 1.94. The molecule has 0 atom stereocenters. The van der Waals surface area contributed by atoms with Crippen molar-refractivity contribution < 1.29 is 8.78 Å². The van der Waals surface area contributed by atoms with E-state index in [2.05, 4.69) is 5.10 Å². The van der Waals surface area contributed by atoms with Crippen LogP contribution in [0.3, 0.4) is 0 Å². The molecule has 1 aromatic heterocycles. The summed E-state index contributed by atoms with van der Waals surface area (Å²) in [5.41, 5.74) is 1.51. The fourth-order valence-electron chi connectivity index (χ4n) is 1.44. The lowest BCUT2D eigenvalue weighted by atomic mass is 9.83. The first-order chi connectivity index (χ1) is 6.38. The largest absolute Gasteiger partial charge is 0.333 e. The van der Waals surface area contributed by atoms with Crippen molar-refractivity contribution in [3.05, 3.63) is 17.5 Å². The molecule has 0 amide bonds. The third-order valence-electron chi connectivity index (χ3n) is 2.73. The summed E-state index contributed by atoms with van der Waals surface area (Å²) in [4.78, 5) is 0. The highest BCUT2D eigenvalue weighted by atomic mass is 19.3. The molecule has 0 fully saturated rings. The van der Waals surface area contributed by atoms with Crippen molar-refractivity contribution in [2.45, 2.75) is 46.1 Å². The summed E-state index contributed by atoms with van der Waals surface area (Å²) in [5.74, 6) is 0. The van der Waals surface area contributed by atoms with E-state index in [0.717, 1.165) is 16.7 Å². The van der Waals surface area contributed by atoms with Crippen LogP contribution < -0.4 is 0 Å². The third-order valence-corrected chi connectivity index (χ3v) is 2.73. The maximum Gasteiger partial charge on any atom is 0.333 e. The van der Waals surface area contributed by atoms with Crippen LogP contribution in [0, 0.1) is 6.92 Å².